The van der Waals surface area contributed by atoms with Crippen LogP contribution < -0.4 is 10.4 Å². The minimum absolute atomic E-state index is 0.101. The molecule has 0 amide bonds. The number of hydrogen-bond donors (Lipinski definition) is 0. The first-order chi connectivity index (χ1) is 16.5. The van der Waals surface area contributed by atoms with E-state index >= 15 is 0 Å². The average molecular weight is 476 g/mol. The lowest BCUT2D eigenvalue weighted by Crippen LogP contribution is -2.26. The highest BCUT2D eigenvalue weighted by molar-refractivity contribution is 7.07. The Balaban J connectivity index is 1.79. The van der Waals surface area contributed by atoms with Crippen molar-refractivity contribution in [3.05, 3.63) is 86.9 Å². The quantitative estimate of drug-likeness (QED) is 0.343. The van der Waals surface area contributed by atoms with E-state index < -0.39 is 0 Å². The summed E-state index contributed by atoms with van der Waals surface area (Å²) in [5.41, 5.74) is 4.37. The van der Waals surface area contributed by atoms with Crippen molar-refractivity contribution in [1.29, 1.82) is 0 Å². The average Bonchev–Trinajstić information content (AvgIpc) is 3.36. The van der Waals surface area contributed by atoms with Crippen LogP contribution >= 0.6 is 11.3 Å². The van der Waals surface area contributed by atoms with Crippen LogP contribution in [0, 0.1) is 6.92 Å². The maximum atomic E-state index is 13.4. The third-order valence-electron chi connectivity index (χ3n) is 6.35. The third-order valence-corrected chi connectivity index (χ3v) is 7.21. The van der Waals surface area contributed by atoms with Crippen molar-refractivity contribution in [2.75, 3.05) is 19.6 Å². The Bertz CT molecular complexity index is 1340. The van der Waals surface area contributed by atoms with E-state index in [2.05, 4.69) is 53.0 Å². The second-order valence-electron chi connectivity index (χ2n) is 8.32. The molecule has 0 unspecified atom stereocenters. The van der Waals surface area contributed by atoms with Crippen LogP contribution in [0.25, 0.3) is 16.9 Å². The van der Waals surface area contributed by atoms with E-state index in [9.17, 15) is 4.79 Å². The van der Waals surface area contributed by atoms with Gasteiger partial charge >= 0.3 is 0 Å². The molecule has 34 heavy (non-hydrogen) atoms. The monoisotopic (exact) mass is 475 g/mol. The number of thiazole rings is 1. The second kappa shape index (κ2) is 10.8. The Morgan fingerprint density at radius 3 is 2.26 bits per heavy atom. The number of para-hydroxylation sites is 1. The molecule has 0 radical (unpaired) electrons. The van der Waals surface area contributed by atoms with Crippen LogP contribution in [0.2, 0.25) is 0 Å². The van der Waals surface area contributed by atoms with Gasteiger partial charge in [-0.1, -0.05) is 62.4 Å². The van der Waals surface area contributed by atoms with Crippen molar-refractivity contribution in [2.45, 2.75) is 33.7 Å². The summed E-state index contributed by atoms with van der Waals surface area (Å²) in [6.07, 6.45) is 1.02. The van der Waals surface area contributed by atoms with Crippen LogP contribution in [0.1, 0.15) is 26.0 Å². The van der Waals surface area contributed by atoms with Crippen molar-refractivity contribution in [3.63, 3.8) is 0 Å². The highest BCUT2D eigenvalue weighted by Crippen LogP contribution is 2.22. The van der Waals surface area contributed by atoms with Gasteiger partial charge in [0.25, 0.3) is 5.56 Å². The summed E-state index contributed by atoms with van der Waals surface area (Å²) < 4.78 is 5.83. The molecule has 2 heterocycles. The van der Waals surface area contributed by atoms with Gasteiger partial charge in [0.15, 0.2) is 10.5 Å². The Hall–Kier alpha value is -3.16. The SMILES string of the molecule is CCN(CC)CCCn1c(-c2ccccc2)csc1=Nc1c(C)n(C)n(-c2ccccc2)c1=O. The van der Waals surface area contributed by atoms with Crippen molar-refractivity contribution in [2.24, 2.45) is 12.0 Å². The first-order valence-corrected chi connectivity index (χ1v) is 12.8. The number of hydrogen-bond acceptors (Lipinski definition) is 4. The van der Waals surface area contributed by atoms with Crippen LogP contribution in [0.15, 0.2) is 75.8 Å². The van der Waals surface area contributed by atoms with Gasteiger partial charge in [0.05, 0.1) is 17.1 Å². The highest BCUT2D eigenvalue weighted by Gasteiger charge is 2.17. The van der Waals surface area contributed by atoms with E-state index in [1.54, 1.807) is 16.0 Å². The third kappa shape index (κ3) is 4.86. The normalized spacial score (nSPS) is 12.1. The summed E-state index contributed by atoms with van der Waals surface area (Å²) in [7, 11) is 1.91. The van der Waals surface area contributed by atoms with E-state index in [1.165, 1.54) is 0 Å². The Labute approximate surface area is 205 Å². The molecule has 0 N–H and O–H groups in total. The summed E-state index contributed by atoms with van der Waals surface area (Å²) in [6, 6.07) is 20.1. The van der Waals surface area contributed by atoms with E-state index in [0.717, 1.165) is 60.0 Å². The topological polar surface area (TPSA) is 47.5 Å². The standard InChI is InChI=1S/C27H33N5OS/c1-5-30(6-2)18-13-19-31-24(22-14-9-7-10-15-22)20-34-27(31)28-25-21(3)29(4)32(26(25)33)23-16-11-8-12-17-23/h7-12,14-17,20H,5-6,13,18-19H2,1-4H3. The van der Waals surface area contributed by atoms with Gasteiger partial charge in [-0.25, -0.2) is 9.67 Å². The molecule has 0 fully saturated rings. The number of nitrogens with zero attached hydrogens (tertiary/aromatic N) is 5. The zero-order valence-electron chi connectivity index (χ0n) is 20.4. The molecular weight excluding hydrogens is 442 g/mol. The largest absolute Gasteiger partial charge is 0.316 e. The fourth-order valence-electron chi connectivity index (χ4n) is 4.25. The summed E-state index contributed by atoms with van der Waals surface area (Å²) in [5.74, 6) is 0. The predicted molar refractivity (Wildman–Crippen MR) is 141 cm³/mol. The molecule has 0 aliphatic rings. The molecule has 4 rings (SSSR count). The minimum atomic E-state index is -0.101. The molecule has 0 saturated carbocycles. The fourth-order valence-corrected chi connectivity index (χ4v) is 5.19. The van der Waals surface area contributed by atoms with Crippen molar-refractivity contribution in [3.8, 4) is 16.9 Å². The molecule has 0 atom stereocenters. The van der Waals surface area contributed by atoms with Crippen molar-refractivity contribution in [1.82, 2.24) is 18.8 Å². The van der Waals surface area contributed by atoms with Gasteiger partial charge in [-0.3, -0.25) is 9.48 Å². The zero-order chi connectivity index (χ0) is 24.1. The predicted octanol–water partition coefficient (Wildman–Crippen LogP) is 4.98. The molecule has 0 spiro atoms. The highest BCUT2D eigenvalue weighted by atomic mass is 32.1. The maximum Gasteiger partial charge on any atom is 0.297 e. The van der Waals surface area contributed by atoms with Gasteiger partial charge in [0.2, 0.25) is 0 Å². The van der Waals surface area contributed by atoms with Crippen LogP contribution in [0.5, 0.6) is 0 Å². The molecule has 0 aliphatic heterocycles. The van der Waals surface area contributed by atoms with Gasteiger partial charge in [-0.05, 0) is 50.7 Å². The van der Waals surface area contributed by atoms with Crippen LogP contribution in [-0.2, 0) is 13.6 Å². The van der Waals surface area contributed by atoms with Gasteiger partial charge < -0.3 is 9.47 Å². The number of aromatic nitrogens is 3. The molecule has 2 aromatic heterocycles. The summed E-state index contributed by atoms with van der Waals surface area (Å²) >= 11 is 1.59. The summed E-state index contributed by atoms with van der Waals surface area (Å²) in [5, 5.41) is 2.15. The molecule has 2 aromatic carbocycles. The smallest absolute Gasteiger partial charge is 0.297 e. The van der Waals surface area contributed by atoms with Crippen LogP contribution in [0.3, 0.4) is 0 Å². The van der Waals surface area contributed by atoms with E-state index in [4.69, 9.17) is 4.99 Å². The van der Waals surface area contributed by atoms with Gasteiger partial charge in [-0.15, -0.1) is 11.3 Å². The van der Waals surface area contributed by atoms with Crippen molar-refractivity contribution < 1.29 is 0 Å². The second-order valence-corrected chi connectivity index (χ2v) is 9.16. The number of rotatable bonds is 9. The molecule has 0 aliphatic carbocycles. The maximum absolute atomic E-state index is 13.4. The molecule has 7 heteroatoms. The molecule has 6 nitrogen and oxygen atoms in total. The van der Waals surface area contributed by atoms with Gasteiger partial charge in [-0.2, -0.15) is 0 Å². The fraction of sp³-hybridized carbons (Fsp3) is 0.333. The number of benzene rings is 2. The summed E-state index contributed by atoms with van der Waals surface area (Å²) in [6.45, 7) is 10.3. The first kappa shape index (κ1) is 24.0. The molecule has 0 bridgehead atoms. The molecule has 178 valence electrons. The Morgan fingerprint density at radius 2 is 1.62 bits per heavy atom. The van der Waals surface area contributed by atoms with E-state index in [1.807, 2.05) is 55.1 Å². The van der Waals surface area contributed by atoms with E-state index in [-0.39, 0.29) is 5.56 Å². The van der Waals surface area contributed by atoms with Crippen LogP contribution in [-0.4, -0.2) is 38.5 Å². The Kier molecular flexibility index (Phi) is 7.65. The first-order valence-electron chi connectivity index (χ1n) is 11.9. The lowest BCUT2D eigenvalue weighted by molar-refractivity contribution is 0.293. The van der Waals surface area contributed by atoms with Gasteiger partial charge in [0.1, 0.15) is 0 Å². The lowest BCUT2D eigenvalue weighted by atomic mass is 10.2. The molecule has 4 aromatic rings. The molecular formula is C27H33N5OS. The zero-order valence-corrected chi connectivity index (χ0v) is 21.3. The van der Waals surface area contributed by atoms with E-state index in [0.29, 0.717) is 5.69 Å². The summed E-state index contributed by atoms with van der Waals surface area (Å²) in [4.78, 5) is 21.7. The minimum Gasteiger partial charge on any atom is -0.316 e. The van der Waals surface area contributed by atoms with Gasteiger partial charge in [0, 0.05) is 19.0 Å². The lowest BCUT2D eigenvalue weighted by Gasteiger charge is -2.18. The van der Waals surface area contributed by atoms with Crippen molar-refractivity contribution >= 4 is 17.0 Å². The molecule has 0 saturated heterocycles. The van der Waals surface area contributed by atoms with Crippen LogP contribution in [0.4, 0.5) is 5.69 Å². The Morgan fingerprint density at radius 1 is 0.971 bits per heavy atom.